The van der Waals surface area contributed by atoms with Crippen LogP contribution >= 0.6 is 11.8 Å². The molecule has 0 saturated carbocycles. The van der Waals surface area contributed by atoms with E-state index in [1.165, 1.54) is 11.8 Å². The largest absolute Gasteiger partial charge is 0.496 e. The molecule has 0 saturated heterocycles. The van der Waals surface area contributed by atoms with Gasteiger partial charge in [0, 0.05) is 29.6 Å². The van der Waals surface area contributed by atoms with Crippen molar-refractivity contribution in [2.45, 2.75) is 55.7 Å². The number of hydrogen-bond donors (Lipinski definition) is 2. The van der Waals surface area contributed by atoms with E-state index in [0.717, 1.165) is 24.9 Å². The molecule has 1 atom stereocenters. The Morgan fingerprint density at radius 2 is 1.97 bits per heavy atom. The van der Waals surface area contributed by atoms with Crippen molar-refractivity contribution in [3.63, 3.8) is 0 Å². The van der Waals surface area contributed by atoms with E-state index < -0.39 is 21.5 Å². The highest BCUT2D eigenvalue weighted by Crippen LogP contribution is 2.42. The summed E-state index contributed by atoms with van der Waals surface area (Å²) < 4.78 is 36.0. The minimum atomic E-state index is -3.83. The minimum absolute atomic E-state index is 0.0721. The summed E-state index contributed by atoms with van der Waals surface area (Å²) in [6.45, 7) is 4.62. The Bertz CT molecular complexity index is 1080. The molecule has 180 valence electrons. The lowest BCUT2D eigenvalue weighted by Crippen LogP contribution is -2.52. The number of sulfonamides is 1. The quantitative estimate of drug-likeness (QED) is 0.493. The van der Waals surface area contributed by atoms with Crippen LogP contribution in [0.4, 0.5) is 11.4 Å². The molecule has 0 aromatic heterocycles. The van der Waals surface area contributed by atoms with Crippen LogP contribution in [-0.4, -0.2) is 44.4 Å². The summed E-state index contributed by atoms with van der Waals surface area (Å²) in [6.07, 6.45) is 3.27. The van der Waals surface area contributed by atoms with Gasteiger partial charge in [-0.1, -0.05) is 44.9 Å². The number of carboxylic acid groups (broad SMARTS) is 1. The molecular weight excluding hydrogens is 460 g/mol. The maximum absolute atomic E-state index is 13.7. The molecule has 2 aromatic rings. The third-order valence-electron chi connectivity index (χ3n) is 5.99. The van der Waals surface area contributed by atoms with E-state index in [-0.39, 0.29) is 10.6 Å². The number of benzene rings is 2. The van der Waals surface area contributed by atoms with E-state index in [1.807, 2.05) is 37.3 Å². The maximum Gasteiger partial charge on any atom is 0.313 e. The summed E-state index contributed by atoms with van der Waals surface area (Å²) in [5.41, 5.74) is 1.50. The molecule has 2 aromatic carbocycles. The number of hydrogen-bond acceptors (Lipinski definition) is 6. The highest BCUT2D eigenvalue weighted by molar-refractivity contribution is 7.99. The van der Waals surface area contributed by atoms with Gasteiger partial charge in [-0.25, -0.2) is 13.1 Å². The molecule has 0 aliphatic carbocycles. The predicted octanol–water partition coefficient (Wildman–Crippen LogP) is 4.78. The Morgan fingerprint density at radius 1 is 1.24 bits per heavy atom. The van der Waals surface area contributed by atoms with Crippen molar-refractivity contribution in [2.75, 3.05) is 24.3 Å². The van der Waals surface area contributed by atoms with Crippen LogP contribution in [0.2, 0.25) is 0 Å². The third kappa shape index (κ3) is 5.83. The Labute approximate surface area is 200 Å². The van der Waals surface area contributed by atoms with Crippen LogP contribution in [0, 0.1) is 0 Å². The first kappa shape index (κ1) is 25.4. The van der Waals surface area contributed by atoms with Crippen molar-refractivity contribution in [3.8, 4) is 5.75 Å². The number of ether oxygens (including phenoxy) is 1. The number of methoxy groups -OCH3 is 1. The fourth-order valence-electron chi connectivity index (χ4n) is 4.17. The topological polar surface area (TPSA) is 95.9 Å². The number of fused-ring (bicyclic) bond motifs is 1. The molecule has 33 heavy (non-hydrogen) atoms. The van der Waals surface area contributed by atoms with Crippen LogP contribution in [0.3, 0.4) is 0 Å². The zero-order valence-electron chi connectivity index (χ0n) is 19.3. The van der Waals surface area contributed by atoms with Crippen molar-refractivity contribution in [1.82, 2.24) is 4.72 Å². The van der Waals surface area contributed by atoms with E-state index in [2.05, 4.69) is 16.5 Å². The fourth-order valence-corrected chi connectivity index (χ4v) is 6.63. The maximum atomic E-state index is 13.7. The van der Waals surface area contributed by atoms with Crippen molar-refractivity contribution < 1.29 is 23.1 Å². The van der Waals surface area contributed by atoms with Gasteiger partial charge in [-0.2, -0.15) is 0 Å². The van der Waals surface area contributed by atoms with Gasteiger partial charge in [0.1, 0.15) is 10.6 Å². The van der Waals surface area contributed by atoms with Gasteiger partial charge < -0.3 is 14.7 Å². The van der Waals surface area contributed by atoms with E-state index in [0.29, 0.717) is 35.7 Å². The number of nitrogens with one attached hydrogen (secondary N) is 1. The molecule has 1 aliphatic heterocycles. The predicted molar refractivity (Wildman–Crippen MR) is 133 cm³/mol. The van der Waals surface area contributed by atoms with Crippen molar-refractivity contribution in [3.05, 3.63) is 48.0 Å². The second-order valence-corrected chi connectivity index (χ2v) is 10.9. The van der Waals surface area contributed by atoms with E-state index in [9.17, 15) is 13.2 Å². The molecule has 0 bridgehead atoms. The average molecular weight is 493 g/mol. The second-order valence-electron chi connectivity index (χ2n) is 8.28. The van der Waals surface area contributed by atoms with Gasteiger partial charge >= 0.3 is 5.97 Å². The number of thioether (sulfide) groups is 1. The summed E-state index contributed by atoms with van der Waals surface area (Å²) in [5.74, 6) is -0.113. The van der Waals surface area contributed by atoms with Crippen LogP contribution in [0.5, 0.6) is 5.75 Å². The number of carboxylic acids is 1. The van der Waals surface area contributed by atoms with Crippen LogP contribution < -0.4 is 14.4 Å². The zero-order valence-corrected chi connectivity index (χ0v) is 21.0. The number of carbonyl (C=O) groups is 1. The number of nitrogens with zero attached hydrogens (tertiary/aromatic N) is 1. The van der Waals surface area contributed by atoms with Crippen LogP contribution in [0.1, 0.15) is 45.1 Å². The van der Waals surface area contributed by atoms with Crippen LogP contribution in [0.25, 0.3) is 0 Å². The molecular formula is C24H32N2O5S2. The first-order valence-corrected chi connectivity index (χ1v) is 13.8. The molecule has 9 heteroatoms. The molecule has 1 aliphatic rings. The Morgan fingerprint density at radius 3 is 2.58 bits per heavy atom. The van der Waals surface area contributed by atoms with E-state index in [4.69, 9.17) is 9.84 Å². The van der Waals surface area contributed by atoms with Crippen molar-refractivity contribution >= 4 is 39.1 Å². The van der Waals surface area contributed by atoms with E-state index in [1.54, 1.807) is 19.2 Å². The molecule has 2 N–H and O–H groups in total. The third-order valence-corrected chi connectivity index (χ3v) is 8.56. The van der Waals surface area contributed by atoms with Gasteiger partial charge in [-0.05, 0) is 31.0 Å². The minimum Gasteiger partial charge on any atom is -0.496 e. The summed E-state index contributed by atoms with van der Waals surface area (Å²) in [7, 11) is -2.29. The van der Waals surface area contributed by atoms with Gasteiger partial charge in [0.25, 0.3) is 0 Å². The number of para-hydroxylation sites is 1. The lowest BCUT2D eigenvalue weighted by molar-refractivity contribution is -0.133. The Balaban J connectivity index is 2.18. The molecule has 0 amide bonds. The summed E-state index contributed by atoms with van der Waals surface area (Å²) in [5, 5.41) is 8.98. The number of aliphatic carboxylic acids is 1. The lowest BCUT2D eigenvalue weighted by atomic mass is 9.89. The SMILES string of the molecule is CCCC[C@@]1(CC)CN(c2ccccc2)c2cc(OC)c(CSCC(=O)O)cc2S(=O)(=O)N1. The van der Waals surface area contributed by atoms with Gasteiger partial charge in [-0.15, -0.1) is 11.8 Å². The van der Waals surface area contributed by atoms with E-state index >= 15 is 0 Å². The first-order chi connectivity index (χ1) is 15.7. The van der Waals surface area contributed by atoms with Crippen LogP contribution in [0.15, 0.2) is 47.4 Å². The van der Waals surface area contributed by atoms with Gasteiger partial charge in [-0.3, -0.25) is 4.79 Å². The molecule has 0 fully saturated rings. The monoisotopic (exact) mass is 492 g/mol. The van der Waals surface area contributed by atoms with Crippen molar-refractivity contribution in [2.24, 2.45) is 0 Å². The molecule has 1 heterocycles. The zero-order chi connectivity index (χ0) is 24.1. The standard InChI is InChI=1S/C24H32N2O5S2/c1-4-6-12-24(5-2)17-26(19-10-8-7-9-11-19)20-14-21(31-3)18(15-32-16-23(27)28)13-22(20)33(29,30)25-24/h7-11,13-14,25H,4-6,12,15-17H2,1-3H3,(H,27,28)/t24-/m0/s1. The van der Waals surface area contributed by atoms with Crippen molar-refractivity contribution in [1.29, 1.82) is 0 Å². The van der Waals surface area contributed by atoms with Gasteiger partial charge in [0.15, 0.2) is 0 Å². The first-order valence-electron chi connectivity index (χ1n) is 11.1. The van der Waals surface area contributed by atoms with Gasteiger partial charge in [0.05, 0.1) is 24.1 Å². The Hall–Kier alpha value is -2.23. The number of rotatable bonds is 10. The fraction of sp³-hybridized carbons (Fsp3) is 0.458. The summed E-state index contributed by atoms with van der Waals surface area (Å²) in [4.78, 5) is 13.2. The summed E-state index contributed by atoms with van der Waals surface area (Å²) >= 11 is 1.20. The molecule has 7 nitrogen and oxygen atoms in total. The highest BCUT2D eigenvalue weighted by Gasteiger charge is 2.41. The normalized spacial score (nSPS) is 19.5. The summed E-state index contributed by atoms with van der Waals surface area (Å²) in [6, 6.07) is 13.2. The second kappa shape index (κ2) is 10.8. The molecule has 0 unspecified atom stereocenters. The number of anilines is 2. The lowest BCUT2D eigenvalue weighted by Gasteiger charge is -2.36. The van der Waals surface area contributed by atoms with Gasteiger partial charge in [0.2, 0.25) is 10.0 Å². The van der Waals surface area contributed by atoms with Crippen LogP contribution in [-0.2, 0) is 20.6 Å². The molecule has 3 rings (SSSR count). The molecule has 0 radical (unpaired) electrons. The average Bonchev–Trinajstić information content (AvgIpc) is 2.90. The smallest absolute Gasteiger partial charge is 0.313 e. The molecule has 0 spiro atoms. The number of unbranched alkanes of at least 4 members (excludes halogenated alkanes) is 1. The Kier molecular flexibility index (Phi) is 8.31. The highest BCUT2D eigenvalue weighted by atomic mass is 32.2.